The van der Waals surface area contributed by atoms with Gasteiger partial charge in [-0.15, -0.1) is 24.8 Å². The Labute approximate surface area is 103 Å². The van der Waals surface area contributed by atoms with Crippen LogP contribution in [0, 0.1) is 0 Å². The minimum atomic E-state index is 0. The standard InChI is InChI=1S/C10H16N2O.2ClH/c1-3-12-7-8-6-9(11)4-5-10(8)13-2;;/h4-6,12H,3,7,11H2,1-2H3;2*1H. The molecule has 3 N–H and O–H groups in total. The van der Waals surface area contributed by atoms with Crippen molar-refractivity contribution in [3.63, 3.8) is 0 Å². The molecule has 0 heterocycles. The maximum Gasteiger partial charge on any atom is 0.123 e. The molecule has 5 heteroatoms. The highest BCUT2D eigenvalue weighted by Crippen LogP contribution is 2.20. The van der Waals surface area contributed by atoms with E-state index in [9.17, 15) is 0 Å². The highest BCUT2D eigenvalue weighted by molar-refractivity contribution is 5.85. The van der Waals surface area contributed by atoms with Gasteiger partial charge in [0.2, 0.25) is 0 Å². The second kappa shape index (κ2) is 8.65. The second-order valence-electron chi connectivity index (χ2n) is 2.85. The van der Waals surface area contributed by atoms with Gasteiger partial charge in [-0.05, 0) is 24.7 Å². The molecule has 88 valence electrons. The van der Waals surface area contributed by atoms with Gasteiger partial charge in [0, 0.05) is 17.8 Å². The lowest BCUT2D eigenvalue weighted by Gasteiger charge is -2.09. The van der Waals surface area contributed by atoms with Crippen molar-refractivity contribution in [2.24, 2.45) is 0 Å². The number of nitrogen functional groups attached to an aromatic ring is 1. The molecule has 0 aliphatic rings. The number of benzene rings is 1. The van der Waals surface area contributed by atoms with Crippen LogP contribution in [-0.4, -0.2) is 13.7 Å². The smallest absolute Gasteiger partial charge is 0.123 e. The number of nitrogens with one attached hydrogen (secondary N) is 1. The SMILES string of the molecule is CCNCc1cc(N)ccc1OC.Cl.Cl. The van der Waals surface area contributed by atoms with Crippen molar-refractivity contribution >= 4 is 30.5 Å². The fourth-order valence-corrected chi connectivity index (χ4v) is 1.20. The zero-order valence-corrected chi connectivity index (χ0v) is 10.6. The molecule has 1 aromatic rings. The lowest BCUT2D eigenvalue weighted by atomic mass is 10.2. The molecule has 0 amide bonds. The number of anilines is 1. The third kappa shape index (κ3) is 5.11. The lowest BCUT2D eigenvalue weighted by Crippen LogP contribution is -2.12. The van der Waals surface area contributed by atoms with Crippen molar-refractivity contribution < 1.29 is 4.74 Å². The van der Waals surface area contributed by atoms with Crippen LogP contribution in [-0.2, 0) is 6.54 Å². The maximum absolute atomic E-state index is 5.67. The number of hydrogen-bond acceptors (Lipinski definition) is 3. The van der Waals surface area contributed by atoms with E-state index in [1.165, 1.54) is 0 Å². The van der Waals surface area contributed by atoms with E-state index in [-0.39, 0.29) is 24.8 Å². The molecule has 15 heavy (non-hydrogen) atoms. The molecule has 0 unspecified atom stereocenters. The minimum Gasteiger partial charge on any atom is -0.496 e. The summed E-state index contributed by atoms with van der Waals surface area (Å²) in [6.45, 7) is 3.81. The molecule has 0 aliphatic heterocycles. The summed E-state index contributed by atoms with van der Waals surface area (Å²) < 4.78 is 5.20. The van der Waals surface area contributed by atoms with Crippen LogP contribution in [0.3, 0.4) is 0 Å². The molecular weight excluding hydrogens is 235 g/mol. The predicted molar refractivity (Wildman–Crippen MR) is 69.3 cm³/mol. The highest BCUT2D eigenvalue weighted by atomic mass is 35.5. The van der Waals surface area contributed by atoms with E-state index in [4.69, 9.17) is 10.5 Å². The average molecular weight is 253 g/mol. The van der Waals surface area contributed by atoms with Gasteiger partial charge < -0.3 is 15.8 Å². The molecule has 0 spiro atoms. The van der Waals surface area contributed by atoms with Crippen LogP contribution < -0.4 is 15.8 Å². The summed E-state index contributed by atoms with van der Waals surface area (Å²) in [6, 6.07) is 5.66. The Bertz CT molecular complexity index is 282. The van der Waals surface area contributed by atoms with Crippen LogP contribution >= 0.6 is 24.8 Å². The third-order valence-electron chi connectivity index (χ3n) is 1.87. The Morgan fingerprint density at radius 3 is 2.53 bits per heavy atom. The van der Waals surface area contributed by atoms with Crippen LogP contribution in [0.5, 0.6) is 5.75 Å². The van der Waals surface area contributed by atoms with Gasteiger partial charge in [0.1, 0.15) is 5.75 Å². The monoisotopic (exact) mass is 252 g/mol. The van der Waals surface area contributed by atoms with Gasteiger partial charge in [-0.1, -0.05) is 6.92 Å². The summed E-state index contributed by atoms with van der Waals surface area (Å²) in [6.07, 6.45) is 0. The topological polar surface area (TPSA) is 47.3 Å². The number of ether oxygens (including phenoxy) is 1. The third-order valence-corrected chi connectivity index (χ3v) is 1.87. The van der Waals surface area contributed by atoms with E-state index in [0.717, 1.165) is 30.1 Å². The molecule has 1 aromatic carbocycles. The predicted octanol–water partition coefficient (Wildman–Crippen LogP) is 2.23. The zero-order chi connectivity index (χ0) is 9.68. The Balaban J connectivity index is 0. The lowest BCUT2D eigenvalue weighted by molar-refractivity contribution is 0.408. The zero-order valence-electron chi connectivity index (χ0n) is 8.95. The molecular formula is C10H18Cl2N2O. The summed E-state index contributed by atoms with van der Waals surface area (Å²) in [5, 5.41) is 3.23. The van der Waals surface area contributed by atoms with Crippen LogP contribution in [0.25, 0.3) is 0 Å². The van der Waals surface area contributed by atoms with E-state index < -0.39 is 0 Å². The molecule has 0 radical (unpaired) electrons. The summed E-state index contributed by atoms with van der Waals surface area (Å²) in [5.41, 5.74) is 7.54. The molecule has 0 saturated carbocycles. The van der Waals surface area contributed by atoms with Gasteiger partial charge in [-0.3, -0.25) is 0 Å². The van der Waals surface area contributed by atoms with Gasteiger partial charge >= 0.3 is 0 Å². The fraction of sp³-hybridized carbons (Fsp3) is 0.400. The van der Waals surface area contributed by atoms with Gasteiger partial charge in [-0.2, -0.15) is 0 Å². The molecule has 3 nitrogen and oxygen atoms in total. The van der Waals surface area contributed by atoms with Crippen LogP contribution in [0.15, 0.2) is 18.2 Å². The van der Waals surface area contributed by atoms with E-state index in [1.54, 1.807) is 7.11 Å². The number of nitrogens with two attached hydrogens (primary N) is 1. The van der Waals surface area contributed by atoms with Gasteiger partial charge in [0.15, 0.2) is 0 Å². The summed E-state index contributed by atoms with van der Waals surface area (Å²) in [4.78, 5) is 0. The number of hydrogen-bond donors (Lipinski definition) is 2. The van der Waals surface area contributed by atoms with Crippen molar-refractivity contribution in [1.29, 1.82) is 0 Å². The van der Waals surface area contributed by atoms with E-state index in [1.807, 2.05) is 18.2 Å². The van der Waals surface area contributed by atoms with Crippen molar-refractivity contribution in [2.75, 3.05) is 19.4 Å². The van der Waals surface area contributed by atoms with E-state index in [0.29, 0.717) is 0 Å². The van der Waals surface area contributed by atoms with Crippen LogP contribution in [0.4, 0.5) is 5.69 Å². The average Bonchev–Trinajstić information content (AvgIpc) is 2.15. The summed E-state index contributed by atoms with van der Waals surface area (Å²) in [7, 11) is 1.67. The molecule has 0 atom stereocenters. The number of halogens is 2. The molecule has 1 rings (SSSR count). The normalized spacial score (nSPS) is 8.67. The molecule has 0 aliphatic carbocycles. The summed E-state index contributed by atoms with van der Waals surface area (Å²) >= 11 is 0. The first-order valence-corrected chi connectivity index (χ1v) is 4.41. The largest absolute Gasteiger partial charge is 0.496 e. The van der Waals surface area contributed by atoms with Crippen molar-refractivity contribution in [2.45, 2.75) is 13.5 Å². The van der Waals surface area contributed by atoms with Crippen molar-refractivity contribution in [3.8, 4) is 5.75 Å². The number of methoxy groups -OCH3 is 1. The van der Waals surface area contributed by atoms with Crippen molar-refractivity contribution in [3.05, 3.63) is 23.8 Å². The molecule has 0 saturated heterocycles. The maximum atomic E-state index is 5.67. The first-order valence-electron chi connectivity index (χ1n) is 4.41. The van der Waals surface area contributed by atoms with E-state index >= 15 is 0 Å². The molecule has 0 aromatic heterocycles. The highest BCUT2D eigenvalue weighted by Gasteiger charge is 2.01. The first-order chi connectivity index (χ1) is 6.27. The van der Waals surface area contributed by atoms with Crippen LogP contribution in [0.1, 0.15) is 12.5 Å². The van der Waals surface area contributed by atoms with E-state index in [2.05, 4.69) is 12.2 Å². The van der Waals surface area contributed by atoms with Gasteiger partial charge in [-0.25, -0.2) is 0 Å². The second-order valence-corrected chi connectivity index (χ2v) is 2.85. The van der Waals surface area contributed by atoms with Gasteiger partial charge in [0.25, 0.3) is 0 Å². The Morgan fingerprint density at radius 2 is 2.00 bits per heavy atom. The number of rotatable bonds is 4. The summed E-state index contributed by atoms with van der Waals surface area (Å²) in [5.74, 6) is 0.884. The van der Waals surface area contributed by atoms with Gasteiger partial charge in [0.05, 0.1) is 7.11 Å². The first kappa shape index (κ1) is 16.8. The Morgan fingerprint density at radius 1 is 1.33 bits per heavy atom. The quantitative estimate of drug-likeness (QED) is 0.809. The Hall–Kier alpha value is -0.640. The fourth-order valence-electron chi connectivity index (χ4n) is 1.20. The molecule has 0 fully saturated rings. The Kier molecular flexibility index (Phi) is 9.68. The van der Waals surface area contributed by atoms with Crippen molar-refractivity contribution in [1.82, 2.24) is 5.32 Å². The molecule has 0 bridgehead atoms. The van der Waals surface area contributed by atoms with Crippen LogP contribution in [0.2, 0.25) is 0 Å². The minimum absolute atomic E-state index is 0.